The van der Waals surface area contributed by atoms with Crippen LogP contribution < -0.4 is 9.47 Å². The zero-order valence-corrected chi connectivity index (χ0v) is 12.0. The number of carbonyl (C=O) groups excluding carboxylic acids is 1. The SMILES string of the molecule is COc1ccc(C(=O)c2cnns2)c(OC)c1Br. The van der Waals surface area contributed by atoms with E-state index >= 15 is 0 Å². The van der Waals surface area contributed by atoms with E-state index in [4.69, 9.17) is 9.47 Å². The van der Waals surface area contributed by atoms with Crippen LogP contribution in [0.1, 0.15) is 15.2 Å². The fourth-order valence-electron chi connectivity index (χ4n) is 1.47. The normalized spacial score (nSPS) is 10.2. The number of benzene rings is 1. The van der Waals surface area contributed by atoms with Crippen molar-refractivity contribution < 1.29 is 14.3 Å². The summed E-state index contributed by atoms with van der Waals surface area (Å²) in [6.07, 6.45) is 1.44. The van der Waals surface area contributed by atoms with E-state index in [2.05, 4.69) is 25.5 Å². The lowest BCUT2D eigenvalue weighted by Gasteiger charge is -2.11. The molecule has 0 bridgehead atoms. The van der Waals surface area contributed by atoms with Gasteiger partial charge in [0.15, 0.2) is 0 Å². The van der Waals surface area contributed by atoms with Crippen LogP contribution in [-0.2, 0) is 0 Å². The lowest BCUT2D eigenvalue weighted by molar-refractivity contribution is 0.103. The van der Waals surface area contributed by atoms with E-state index in [-0.39, 0.29) is 5.78 Å². The molecule has 1 heterocycles. The number of carbonyl (C=O) groups is 1. The number of halogens is 1. The standard InChI is InChI=1S/C11H9BrN2O3S/c1-16-7-4-3-6(11(17-2)9(7)12)10(15)8-5-13-14-18-8/h3-5H,1-2H3. The number of nitrogens with zero attached hydrogens (tertiary/aromatic N) is 2. The third-order valence-corrected chi connectivity index (χ3v) is 3.73. The van der Waals surface area contributed by atoms with E-state index in [0.717, 1.165) is 11.5 Å². The van der Waals surface area contributed by atoms with Gasteiger partial charge in [-0.3, -0.25) is 4.79 Å². The highest BCUT2D eigenvalue weighted by Gasteiger charge is 2.20. The first-order valence-corrected chi connectivity index (χ1v) is 6.48. The molecular formula is C11H9BrN2O3S. The van der Waals surface area contributed by atoms with Gasteiger partial charge in [0, 0.05) is 0 Å². The Labute approximate surface area is 116 Å². The van der Waals surface area contributed by atoms with Gasteiger partial charge >= 0.3 is 0 Å². The van der Waals surface area contributed by atoms with Crippen LogP contribution in [0.4, 0.5) is 0 Å². The fourth-order valence-corrected chi connectivity index (χ4v) is 2.61. The fraction of sp³-hybridized carbons (Fsp3) is 0.182. The van der Waals surface area contributed by atoms with Crippen LogP contribution >= 0.6 is 27.5 Å². The second-order valence-electron chi connectivity index (χ2n) is 3.27. The van der Waals surface area contributed by atoms with Crippen LogP contribution in [0.2, 0.25) is 0 Å². The van der Waals surface area contributed by atoms with Crippen LogP contribution in [0.3, 0.4) is 0 Å². The van der Waals surface area contributed by atoms with E-state index in [1.807, 2.05) is 0 Å². The summed E-state index contributed by atoms with van der Waals surface area (Å²) in [4.78, 5) is 12.7. The Bertz CT molecular complexity index is 572. The average molecular weight is 329 g/mol. The molecule has 0 aliphatic heterocycles. The molecule has 0 spiro atoms. The summed E-state index contributed by atoms with van der Waals surface area (Å²) in [6.45, 7) is 0. The molecule has 0 N–H and O–H groups in total. The van der Waals surface area contributed by atoms with Crippen LogP contribution in [0.25, 0.3) is 0 Å². The van der Waals surface area contributed by atoms with Crippen molar-refractivity contribution in [1.82, 2.24) is 9.59 Å². The Kier molecular flexibility index (Phi) is 3.93. The largest absolute Gasteiger partial charge is 0.495 e. The van der Waals surface area contributed by atoms with E-state index in [1.54, 1.807) is 19.2 Å². The summed E-state index contributed by atoms with van der Waals surface area (Å²) in [5.74, 6) is 0.865. The van der Waals surface area contributed by atoms with Crippen molar-refractivity contribution in [2.45, 2.75) is 0 Å². The maximum Gasteiger partial charge on any atom is 0.209 e. The molecule has 0 aliphatic rings. The van der Waals surface area contributed by atoms with Gasteiger partial charge in [-0.25, -0.2) is 0 Å². The summed E-state index contributed by atoms with van der Waals surface area (Å²) in [6, 6.07) is 3.36. The Hall–Kier alpha value is -1.47. The molecule has 0 saturated carbocycles. The first kappa shape index (κ1) is 13.0. The van der Waals surface area contributed by atoms with Crippen LogP contribution in [0, 0.1) is 0 Å². The number of ether oxygens (including phenoxy) is 2. The van der Waals surface area contributed by atoms with Crippen molar-refractivity contribution in [1.29, 1.82) is 0 Å². The molecule has 0 saturated heterocycles. The molecule has 0 amide bonds. The molecule has 0 radical (unpaired) electrons. The minimum absolute atomic E-state index is 0.176. The Morgan fingerprint density at radius 1 is 1.33 bits per heavy atom. The molecule has 0 atom stereocenters. The minimum Gasteiger partial charge on any atom is -0.495 e. The molecule has 0 aliphatic carbocycles. The summed E-state index contributed by atoms with van der Waals surface area (Å²) in [7, 11) is 3.05. The molecule has 5 nitrogen and oxygen atoms in total. The van der Waals surface area contributed by atoms with Crippen molar-refractivity contribution in [3.63, 3.8) is 0 Å². The predicted octanol–water partition coefficient (Wildman–Crippen LogP) is 2.55. The summed E-state index contributed by atoms with van der Waals surface area (Å²) >= 11 is 4.40. The molecule has 2 aromatic rings. The van der Waals surface area contributed by atoms with Crippen LogP contribution in [-0.4, -0.2) is 29.6 Å². The van der Waals surface area contributed by atoms with E-state index < -0.39 is 0 Å². The maximum atomic E-state index is 12.2. The second kappa shape index (κ2) is 5.45. The highest BCUT2D eigenvalue weighted by atomic mass is 79.9. The van der Waals surface area contributed by atoms with Gasteiger partial charge in [0.25, 0.3) is 0 Å². The molecular weight excluding hydrogens is 320 g/mol. The first-order valence-electron chi connectivity index (χ1n) is 4.91. The van der Waals surface area contributed by atoms with Crippen molar-refractivity contribution in [2.24, 2.45) is 0 Å². The maximum absolute atomic E-state index is 12.2. The Balaban J connectivity index is 2.52. The number of hydrogen-bond acceptors (Lipinski definition) is 6. The molecule has 7 heteroatoms. The number of hydrogen-bond donors (Lipinski definition) is 0. The number of aromatic nitrogens is 2. The smallest absolute Gasteiger partial charge is 0.209 e. The average Bonchev–Trinajstić information content (AvgIpc) is 2.91. The van der Waals surface area contributed by atoms with E-state index in [0.29, 0.717) is 26.4 Å². The molecule has 18 heavy (non-hydrogen) atoms. The lowest BCUT2D eigenvalue weighted by atomic mass is 10.1. The van der Waals surface area contributed by atoms with Crippen molar-refractivity contribution in [3.8, 4) is 11.5 Å². The summed E-state index contributed by atoms with van der Waals surface area (Å²) in [5.41, 5.74) is 0.441. The molecule has 1 aromatic carbocycles. The van der Waals surface area contributed by atoms with Gasteiger partial charge in [0.2, 0.25) is 5.78 Å². The molecule has 0 unspecified atom stereocenters. The number of rotatable bonds is 4. The molecule has 2 rings (SSSR count). The van der Waals surface area contributed by atoms with Crippen molar-refractivity contribution >= 4 is 33.2 Å². The highest BCUT2D eigenvalue weighted by molar-refractivity contribution is 9.10. The van der Waals surface area contributed by atoms with Crippen molar-refractivity contribution in [2.75, 3.05) is 14.2 Å². The lowest BCUT2D eigenvalue weighted by Crippen LogP contribution is -2.03. The third kappa shape index (κ3) is 2.23. The second-order valence-corrected chi connectivity index (χ2v) is 4.85. The van der Waals surface area contributed by atoms with Gasteiger partial charge in [0.1, 0.15) is 20.8 Å². The Morgan fingerprint density at radius 2 is 2.11 bits per heavy atom. The van der Waals surface area contributed by atoms with E-state index in [9.17, 15) is 4.79 Å². The molecule has 0 fully saturated rings. The minimum atomic E-state index is -0.176. The highest BCUT2D eigenvalue weighted by Crippen LogP contribution is 2.38. The van der Waals surface area contributed by atoms with Gasteiger partial charge < -0.3 is 9.47 Å². The van der Waals surface area contributed by atoms with Gasteiger partial charge in [0.05, 0.1) is 26.0 Å². The third-order valence-electron chi connectivity index (χ3n) is 2.32. The number of ketones is 1. The zero-order chi connectivity index (χ0) is 13.1. The summed E-state index contributed by atoms with van der Waals surface area (Å²) in [5, 5.41) is 3.65. The van der Waals surface area contributed by atoms with Crippen LogP contribution in [0.5, 0.6) is 11.5 Å². The monoisotopic (exact) mass is 328 g/mol. The molecule has 94 valence electrons. The van der Waals surface area contributed by atoms with Gasteiger partial charge in [-0.2, -0.15) is 0 Å². The van der Waals surface area contributed by atoms with Gasteiger partial charge in [-0.15, -0.1) is 5.10 Å². The Morgan fingerprint density at radius 3 is 2.67 bits per heavy atom. The first-order chi connectivity index (χ1) is 8.69. The zero-order valence-electron chi connectivity index (χ0n) is 9.64. The van der Waals surface area contributed by atoms with E-state index in [1.165, 1.54) is 13.3 Å². The quantitative estimate of drug-likeness (QED) is 0.807. The number of methoxy groups -OCH3 is 2. The molecule has 1 aromatic heterocycles. The summed E-state index contributed by atoms with van der Waals surface area (Å²) < 4.78 is 14.7. The van der Waals surface area contributed by atoms with Crippen LogP contribution in [0.15, 0.2) is 22.8 Å². The van der Waals surface area contributed by atoms with Gasteiger partial charge in [-0.05, 0) is 39.6 Å². The van der Waals surface area contributed by atoms with Crippen molar-refractivity contribution in [3.05, 3.63) is 33.2 Å². The topological polar surface area (TPSA) is 61.3 Å². The van der Waals surface area contributed by atoms with Gasteiger partial charge in [-0.1, -0.05) is 4.49 Å². The predicted molar refractivity (Wildman–Crippen MR) is 70.6 cm³/mol.